The summed E-state index contributed by atoms with van der Waals surface area (Å²) in [6.45, 7) is 1.51. The number of aromatic nitrogens is 2. The molecule has 0 unspecified atom stereocenters. The maximum atomic E-state index is 12.6. The second kappa shape index (κ2) is 7.32. The zero-order chi connectivity index (χ0) is 17.9. The number of likely N-dealkylation sites (tertiary alicyclic amines) is 1. The Morgan fingerprint density at radius 3 is 3.15 bits per heavy atom. The number of methoxy groups -OCH3 is 1. The van der Waals surface area contributed by atoms with Crippen LogP contribution in [-0.2, 0) is 24.1 Å². The molecule has 1 aromatic heterocycles. The minimum atomic E-state index is 0.162. The van der Waals surface area contributed by atoms with Gasteiger partial charge in [-0.2, -0.15) is 0 Å². The molecule has 1 saturated heterocycles. The van der Waals surface area contributed by atoms with Gasteiger partial charge in [-0.15, -0.1) is 0 Å². The van der Waals surface area contributed by atoms with E-state index >= 15 is 0 Å². The summed E-state index contributed by atoms with van der Waals surface area (Å²) in [5, 5.41) is 3.54. The number of benzene rings is 1. The molecule has 2 aliphatic rings. The van der Waals surface area contributed by atoms with Gasteiger partial charge in [0.2, 0.25) is 5.91 Å². The predicted octanol–water partition coefficient (Wildman–Crippen LogP) is 2.23. The number of amides is 1. The highest BCUT2D eigenvalue weighted by molar-refractivity contribution is 5.79. The van der Waals surface area contributed by atoms with Crippen LogP contribution in [0.5, 0.6) is 5.75 Å². The third-order valence-electron chi connectivity index (χ3n) is 5.25. The highest BCUT2D eigenvalue weighted by Crippen LogP contribution is 2.26. The molecule has 0 radical (unpaired) electrons. The Balaban J connectivity index is 1.36. The van der Waals surface area contributed by atoms with E-state index in [1.54, 1.807) is 13.4 Å². The summed E-state index contributed by atoms with van der Waals surface area (Å²) in [7, 11) is 1.64. The topological polar surface area (TPSA) is 67.3 Å². The highest BCUT2D eigenvalue weighted by atomic mass is 16.5. The molecule has 6 heteroatoms. The third kappa shape index (κ3) is 3.49. The number of hydrogen-bond donors (Lipinski definition) is 1. The van der Waals surface area contributed by atoms with Gasteiger partial charge in [0.05, 0.1) is 13.5 Å². The highest BCUT2D eigenvalue weighted by Gasteiger charge is 2.28. The van der Waals surface area contributed by atoms with Crippen molar-refractivity contribution in [1.29, 1.82) is 0 Å². The third-order valence-corrected chi connectivity index (χ3v) is 5.25. The SMILES string of the molecule is COc1cccc(CC(=O)N2CC[C@@H](Nc3ncnc4c3CCC4)C2)c1. The first-order valence-corrected chi connectivity index (χ1v) is 9.23. The van der Waals surface area contributed by atoms with Gasteiger partial charge in [0, 0.05) is 30.4 Å². The fourth-order valence-corrected chi connectivity index (χ4v) is 3.85. The van der Waals surface area contributed by atoms with Gasteiger partial charge < -0.3 is 15.0 Å². The molecule has 1 aliphatic carbocycles. The fraction of sp³-hybridized carbons (Fsp3) is 0.450. The Hall–Kier alpha value is -2.63. The van der Waals surface area contributed by atoms with Crippen LogP contribution in [-0.4, -0.2) is 47.0 Å². The van der Waals surface area contributed by atoms with Gasteiger partial charge in [-0.3, -0.25) is 4.79 Å². The second-order valence-corrected chi connectivity index (χ2v) is 7.00. The average Bonchev–Trinajstić information content (AvgIpc) is 3.32. The molecule has 1 aromatic carbocycles. The zero-order valence-corrected chi connectivity index (χ0v) is 15.1. The maximum Gasteiger partial charge on any atom is 0.227 e. The molecule has 1 aliphatic heterocycles. The monoisotopic (exact) mass is 352 g/mol. The molecule has 136 valence electrons. The largest absolute Gasteiger partial charge is 0.497 e. The van der Waals surface area contributed by atoms with Gasteiger partial charge in [-0.05, 0) is 43.4 Å². The second-order valence-electron chi connectivity index (χ2n) is 7.00. The molecule has 1 N–H and O–H groups in total. The quantitative estimate of drug-likeness (QED) is 0.894. The van der Waals surface area contributed by atoms with Gasteiger partial charge in [0.15, 0.2) is 0 Å². The summed E-state index contributed by atoms with van der Waals surface area (Å²) in [6.07, 6.45) is 6.24. The van der Waals surface area contributed by atoms with Gasteiger partial charge in [-0.1, -0.05) is 12.1 Å². The van der Waals surface area contributed by atoms with Crippen molar-refractivity contribution in [3.05, 3.63) is 47.4 Å². The van der Waals surface area contributed by atoms with E-state index in [1.165, 1.54) is 11.3 Å². The van der Waals surface area contributed by atoms with Crippen LogP contribution in [0.15, 0.2) is 30.6 Å². The van der Waals surface area contributed by atoms with Gasteiger partial charge in [0.1, 0.15) is 17.9 Å². The molecular weight excluding hydrogens is 328 g/mol. The molecule has 0 saturated carbocycles. The molecule has 2 aromatic rings. The molecule has 4 rings (SSSR count). The number of aryl methyl sites for hydroxylation is 1. The molecule has 6 nitrogen and oxygen atoms in total. The van der Waals surface area contributed by atoms with Crippen molar-refractivity contribution in [3.63, 3.8) is 0 Å². The molecule has 1 atom stereocenters. The zero-order valence-electron chi connectivity index (χ0n) is 15.1. The molecule has 0 spiro atoms. The van der Waals surface area contributed by atoms with Gasteiger partial charge in [0.25, 0.3) is 0 Å². The number of rotatable bonds is 5. The number of carbonyl (C=O) groups is 1. The number of fused-ring (bicyclic) bond motifs is 1. The van der Waals surface area contributed by atoms with Crippen LogP contribution in [0.1, 0.15) is 29.7 Å². The van der Waals surface area contributed by atoms with Crippen LogP contribution in [0, 0.1) is 0 Å². The van der Waals surface area contributed by atoms with E-state index in [0.717, 1.165) is 55.9 Å². The van der Waals surface area contributed by atoms with Crippen LogP contribution in [0.2, 0.25) is 0 Å². The lowest BCUT2D eigenvalue weighted by Gasteiger charge is -2.18. The number of carbonyl (C=O) groups excluding carboxylic acids is 1. The molecule has 1 fully saturated rings. The Morgan fingerprint density at radius 2 is 2.27 bits per heavy atom. The number of nitrogens with one attached hydrogen (secondary N) is 1. The van der Waals surface area contributed by atoms with Gasteiger partial charge in [-0.25, -0.2) is 9.97 Å². The van der Waals surface area contributed by atoms with Gasteiger partial charge >= 0.3 is 0 Å². The average molecular weight is 352 g/mol. The molecule has 2 heterocycles. The van der Waals surface area contributed by atoms with Crippen LogP contribution in [0.3, 0.4) is 0 Å². The van der Waals surface area contributed by atoms with Crippen LogP contribution in [0.4, 0.5) is 5.82 Å². The van der Waals surface area contributed by atoms with Crippen molar-refractivity contribution in [1.82, 2.24) is 14.9 Å². The standard InChI is InChI=1S/C20H24N4O2/c1-26-16-5-2-4-14(10-16)11-19(25)24-9-8-15(12-24)23-20-17-6-3-7-18(17)21-13-22-20/h2,4-5,10,13,15H,3,6-9,11-12H2,1H3,(H,21,22,23)/t15-/m1/s1. The van der Waals surface area contributed by atoms with Crippen molar-refractivity contribution in [2.75, 3.05) is 25.5 Å². The fourth-order valence-electron chi connectivity index (χ4n) is 3.85. The minimum Gasteiger partial charge on any atom is -0.497 e. The summed E-state index contributed by atoms with van der Waals surface area (Å²) >= 11 is 0. The number of hydrogen-bond acceptors (Lipinski definition) is 5. The molecule has 1 amide bonds. The molecule has 26 heavy (non-hydrogen) atoms. The van der Waals surface area contributed by atoms with E-state index in [-0.39, 0.29) is 11.9 Å². The minimum absolute atomic E-state index is 0.162. The lowest BCUT2D eigenvalue weighted by atomic mass is 10.1. The van der Waals surface area contributed by atoms with Crippen molar-refractivity contribution in [3.8, 4) is 5.75 Å². The first-order valence-electron chi connectivity index (χ1n) is 9.23. The van der Waals surface area contributed by atoms with E-state index in [1.807, 2.05) is 29.2 Å². The Morgan fingerprint density at radius 1 is 1.35 bits per heavy atom. The van der Waals surface area contributed by atoms with Crippen molar-refractivity contribution in [2.45, 2.75) is 38.1 Å². The van der Waals surface area contributed by atoms with Crippen LogP contribution >= 0.6 is 0 Å². The van der Waals surface area contributed by atoms with E-state index in [9.17, 15) is 4.79 Å². The summed E-state index contributed by atoms with van der Waals surface area (Å²) in [6, 6.07) is 7.96. The lowest BCUT2D eigenvalue weighted by molar-refractivity contribution is -0.129. The Kier molecular flexibility index (Phi) is 4.73. The van der Waals surface area contributed by atoms with Crippen molar-refractivity contribution < 1.29 is 9.53 Å². The van der Waals surface area contributed by atoms with E-state index < -0.39 is 0 Å². The smallest absolute Gasteiger partial charge is 0.227 e. The number of nitrogens with zero attached hydrogens (tertiary/aromatic N) is 3. The first-order chi connectivity index (χ1) is 12.7. The van der Waals surface area contributed by atoms with Crippen molar-refractivity contribution >= 4 is 11.7 Å². The lowest BCUT2D eigenvalue weighted by Crippen LogP contribution is -2.33. The molecular formula is C20H24N4O2. The van der Waals surface area contributed by atoms with E-state index in [0.29, 0.717) is 6.42 Å². The predicted molar refractivity (Wildman–Crippen MR) is 99.4 cm³/mol. The number of ether oxygens (including phenoxy) is 1. The normalized spacial score (nSPS) is 18.7. The maximum absolute atomic E-state index is 12.6. The van der Waals surface area contributed by atoms with E-state index in [2.05, 4.69) is 15.3 Å². The van der Waals surface area contributed by atoms with Crippen molar-refractivity contribution in [2.24, 2.45) is 0 Å². The summed E-state index contributed by atoms with van der Waals surface area (Å²) in [4.78, 5) is 23.4. The van der Waals surface area contributed by atoms with Crippen LogP contribution in [0.25, 0.3) is 0 Å². The van der Waals surface area contributed by atoms with E-state index in [4.69, 9.17) is 4.74 Å². The Labute approximate surface area is 153 Å². The summed E-state index contributed by atoms with van der Waals surface area (Å²) in [5.74, 6) is 1.91. The summed E-state index contributed by atoms with van der Waals surface area (Å²) < 4.78 is 5.23. The Bertz CT molecular complexity index is 808. The first kappa shape index (κ1) is 16.8. The summed E-state index contributed by atoms with van der Waals surface area (Å²) in [5.41, 5.74) is 3.42. The number of anilines is 1. The molecule has 0 bridgehead atoms. The van der Waals surface area contributed by atoms with Crippen LogP contribution < -0.4 is 10.1 Å².